The Labute approximate surface area is 155 Å². The summed E-state index contributed by atoms with van der Waals surface area (Å²) in [6.07, 6.45) is 0.240. The fourth-order valence-corrected chi connectivity index (χ4v) is 3.08. The Bertz CT molecular complexity index is 727. The molecule has 3 nitrogen and oxygen atoms in total. The Kier molecular flexibility index (Phi) is 6.49. The largest absolute Gasteiger partial charge is 0.496 e. The third-order valence-corrected chi connectivity index (χ3v) is 4.47. The van der Waals surface area contributed by atoms with E-state index in [9.17, 15) is 4.79 Å². The summed E-state index contributed by atoms with van der Waals surface area (Å²) in [6.45, 7) is 8.54. The quantitative estimate of drug-likeness (QED) is 0.710. The zero-order chi connectivity index (χ0) is 18.6. The maximum Gasteiger partial charge on any atom is 0.228 e. The molecule has 0 aliphatic carbocycles. The zero-order valence-corrected chi connectivity index (χ0v) is 16.3. The van der Waals surface area contributed by atoms with Crippen LogP contribution in [-0.4, -0.2) is 13.0 Å². The third-order valence-electron chi connectivity index (χ3n) is 4.24. The molecule has 0 bridgehead atoms. The number of methoxy groups -OCH3 is 1. The summed E-state index contributed by atoms with van der Waals surface area (Å²) in [5.41, 5.74) is 4.06. The fourth-order valence-electron chi connectivity index (χ4n) is 2.92. The lowest BCUT2D eigenvalue weighted by Gasteiger charge is -2.20. The van der Waals surface area contributed by atoms with Gasteiger partial charge < -0.3 is 10.1 Å². The molecule has 0 saturated carbocycles. The molecule has 0 fully saturated rings. The normalized spacial score (nSPS) is 11.0. The molecule has 1 N–H and O–H groups in total. The smallest absolute Gasteiger partial charge is 0.228 e. The first-order chi connectivity index (χ1) is 11.8. The summed E-state index contributed by atoms with van der Waals surface area (Å²) in [5.74, 6) is 1.23. The number of carbonyl (C=O) groups is 1. The highest BCUT2D eigenvalue weighted by Crippen LogP contribution is 2.32. The molecule has 0 unspecified atom stereocenters. The van der Waals surface area contributed by atoms with Crippen molar-refractivity contribution >= 4 is 23.2 Å². The molecule has 0 saturated heterocycles. The van der Waals surface area contributed by atoms with Crippen LogP contribution in [0.4, 0.5) is 5.69 Å². The first-order valence-corrected chi connectivity index (χ1v) is 8.96. The van der Waals surface area contributed by atoms with E-state index in [1.807, 2.05) is 6.07 Å². The monoisotopic (exact) mass is 359 g/mol. The number of anilines is 1. The van der Waals surface area contributed by atoms with Gasteiger partial charge in [0.15, 0.2) is 0 Å². The SMILES string of the molecule is COc1cc(Cl)ccc1CC(=O)Nc1c(C(C)C)cccc1C(C)C. The van der Waals surface area contributed by atoms with Gasteiger partial charge in [-0.3, -0.25) is 4.79 Å². The molecule has 2 rings (SSSR count). The van der Waals surface area contributed by atoms with Crippen molar-refractivity contribution in [3.05, 3.63) is 58.1 Å². The number of hydrogen-bond donors (Lipinski definition) is 1. The Morgan fingerprint density at radius 3 is 2.20 bits per heavy atom. The maximum absolute atomic E-state index is 12.7. The molecule has 4 heteroatoms. The maximum atomic E-state index is 12.7. The highest BCUT2D eigenvalue weighted by atomic mass is 35.5. The van der Waals surface area contributed by atoms with Crippen LogP contribution >= 0.6 is 11.6 Å². The van der Waals surface area contributed by atoms with Gasteiger partial charge in [0.05, 0.1) is 13.5 Å². The van der Waals surface area contributed by atoms with Crippen molar-refractivity contribution in [2.24, 2.45) is 0 Å². The first kappa shape index (κ1) is 19.3. The lowest BCUT2D eigenvalue weighted by atomic mass is 9.92. The van der Waals surface area contributed by atoms with Crippen molar-refractivity contribution in [1.82, 2.24) is 0 Å². The minimum Gasteiger partial charge on any atom is -0.496 e. The molecule has 0 spiro atoms. The second-order valence-electron chi connectivity index (χ2n) is 6.80. The van der Waals surface area contributed by atoms with E-state index in [4.69, 9.17) is 16.3 Å². The van der Waals surface area contributed by atoms with Gasteiger partial charge in [0, 0.05) is 16.3 Å². The molecule has 0 heterocycles. The van der Waals surface area contributed by atoms with Crippen LogP contribution in [0.1, 0.15) is 56.2 Å². The van der Waals surface area contributed by atoms with Gasteiger partial charge in [0.25, 0.3) is 0 Å². The Balaban J connectivity index is 2.29. The van der Waals surface area contributed by atoms with E-state index in [-0.39, 0.29) is 12.3 Å². The van der Waals surface area contributed by atoms with Gasteiger partial charge in [0.1, 0.15) is 5.75 Å². The van der Waals surface area contributed by atoms with Gasteiger partial charge in [-0.25, -0.2) is 0 Å². The molecular weight excluding hydrogens is 334 g/mol. The molecule has 0 aliphatic heterocycles. The van der Waals surface area contributed by atoms with Gasteiger partial charge in [-0.15, -0.1) is 0 Å². The topological polar surface area (TPSA) is 38.3 Å². The summed E-state index contributed by atoms with van der Waals surface area (Å²) in [5, 5.41) is 3.72. The van der Waals surface area contributed by atoms with Crippen LogP contribution in [0.25, 0.3) is 0 Å². The number of hydrogen-bond acceptors (Lipinski definition) is 2. The van der Waals surface area contributed by atoms with Crippen molar-refractivity contribution in [3.8, 4) is 5.75 Å². The fraction of sp³-hybridized carbons (Fsp3) is 0.381. The second kappa shape index (κ2) is 8.39. The standard InChI is InChI=1S/C21H26ClNO2/c1-13(2)17-7-6-8-18(14(3)4)21(17)23-20(24)11-15-9-10-16(22)12-19(15)25-5/h6-10,12-14H,11H2,1-5H3,(H,23,24). The highest BCUT2D eigenvalue weighted by Gasteiger charge is 2.17. The number of nitrogens with one attached hydrogen (secondary N) is 1. The van der Waals surface area contributed by atoms with Crippen molar-refractivity contribution in [1.29, 1.82) is 0 Å². The van der Waals surface area contributed by atoms with E-state index in [1.54, 1.807) is 19.2 Å². The van der Waals surface area contributed by atoms with Crippen LogP contribution in [0.3, 0.4) is 0 Å². The van der Waals surface area contributed by atoms with Crippen LogP contribution in [0.15, 0.2) is 36.4 Å². The highest BCUT2D eigenvalue weighted by molar-refractivity contribution is 6.30. The predicted molar refractivity (Wildman–Crippen MR) is 105 cm³/mol. The molecule has 1 amide bonds. The lowest BCUT2D eigenvalue weighted by molar-refractivity contribution is -0.115. The summed E-state index contributed by atoms with van der Waals surface area (Å²) in [6, 6.07) is 11.5. The van der Waals surface area contributed by atoms with E-state index in [0.717, 1.165) is 22.4 Å². The molecule has 134 valence electrons. The molecule has 0 aromatic heterocycles. The van der Waals surface area contributed by atoms with Crippen molar-refractivity contribution in [2.75, 3.05) is 12.4 Å². The number of halogens is 1. The van der Waals surface area contributed by atoms with Crippen LogP contribution < -0.4 is 10.1 Å². The minimum atomic E-state index is -0.0596. The van der Waals surface area contributed by atoms with E-state index >= 15 is 0 Å². The first-order valence-electron chi connectivity index (χ1n) is 8.58. The molecule has 2 aromatic rings. The number of rotatable bonds is 6. The van der Waals surface area contributed by atoms with E-state index in [1.165, 1.54) is 0 Å². The number of carbonyl (C=O) groups excluding carboxylic acids is 1. The van der Waals surface area contributed by atoms with Crippen molar-refractivity contribution in [2.45, 2.75) is 46.0 Å². The average Bonchev–Trinajstić information content (AvgIpc) is 2.56. The summed E-state index contributed by atoms with van der Waals surface area (Å²) in [4.78, 5) is 12.7. The Morgan fingerprint density at radius 2 is 1.68 bits per heavy atom. The molecule has 0 radical (unpaired) electrons. The number of benzene rings is 2. The summed E-state index contributed by atoms with van der Waals surface area (Å²) in [7, 11) is 1.58. The van der Waals surface area contributed by atoms with Crippen LogP contribution in [0, 0.1) is 0 Å². The van der Waals surface area contributed by atoms with Gasteiger partial charge >= 0.3 is 0 Å². The van der Waals surface area contributed by atoms with Crippen molar-refractivity contribution in [3.63, 3.8) is 0 Å². The Hall–Kier alpha value is -2.00. The Morgan fingerprint density at radius 1 is 1.08 bits per heavy atom. The third kappa shape index (κ3) is 4.76. The van der Waals surface area contributed by atoms with Crippen LogP contribution in [-0.2, 0) is 11.2 Å². The molecule has 2 aromatic carbocycles. The molecular formula is C21H26ClNO2. The molecule has 0 atom stereocenters. The van der Waals surface area contributed by atoms with Crippen molar-refractivity contribution < 1.29 is 9.53 Å². The summed E-state index contributed by atoms with van der Waals surface area (Å²) < 4.78 is 5.34. The van der Waals surface area contributed by atoms with E-state index < -0.39 is 0 Å². The minimum absolute atomic E-state index is 0.0596. The lowest BCUT2D eigenvalue weighted by Crippen LogP contribution is -2.18. The van der Waals surface area contributed by atoms with Crippen LogP contribution in [0.5, 0.6) is 5.75 Å². The predicted octanol–water partition coefficient (Wildman–Crippen LogP) is 5.78. The molecule has 25 heavy (non-hydrogen) atoms. The second-order valence-corrected chi connectivity index (χ2v) is 7.24. The van der Waals surface area contributed by atoms with Crippen LogP contribution in [0.2, 0.25) is 5.02 Å². The number of amides is 1. The van der Waals surface area contributed by atoms with E-state index in [2.05, 4.69) is 51.2 Å². The zero-order valence-electron chi connectivity index (χ0n) is 15.5. The van der Waals surface area contributed by atoms with E-state index in [0.29, 0.717) is 22.6 Å². The van der Waals surface area contributed by atoms with Gasteiger partial charge in [0.2, 0.25) is 5.91 Å². The number of para-hydroxylation sites is 1. The average molecular weight is 360 g/mol. The van der Waals surface area contributed by atoms with Gasteiger partial charge in [-0.1, -0.05) is 63.6 Å². The number of ether oxygens (including phenoxy) is 1. The van der Waals surface area contributed by atoms with Gasteiger partial charge in [-0.2, -0.15) is 0 Å². The molecule has 0 aliphatic rings. The van der Waals surface area contributed by atoms with Gasteiger partial charge in [-0.05, 0) is 35.1 Å². The summed E-state index contributed by atoms with van der Waals surface area (Å²) >= 11 is 5.99.